The average molecular weight is 312 g/mol. The Morgan fingerprint density at radius 3 is 2.94 bits per heavy atom. The maximum absolute atomic E-state index is 5.38. The van der Waals surface area contributed by atoms with Gasteiger partial charge in [-0.2, -0.15) is 0 Å². The number of ether oxygens (including phenoxy) is 1. The number of morpholine rings is 1. The molecule has 2 heterocycles. The molecule has 1 saturated heterocycles. The summed E-state index contributed by atoms with van der Waals surface area (Å²) in [7, 11) is 0. The Morgan fingerprint density at radius 1 is 1.29 bits per heavy atom. The van der Waals surface area contributed by atoms with Gasteiger partial charge in [0.25, 0.3) is 0 Å². The minimum atomic E-state index is 0.867. The van der Waals surface area contributed by atoms with E-state index in [1.165, 1.54) is 15.6 Å². The Morgan fingerprint density at radius 2 is 2.12 bits per heavy atom. The quantitative estimate of drug-likeness (QED) is 0.841. The molecule has 1 aliphatic heterocycles. The molecule has 1 aromatic heterocycles. The minimum absolute atomic E-state index is 0.867. The van der Waals surface area contributed by atoms with E-state index in [0.717, 1.165) is 37.3 Å². The van der Waals surface area contributed by atoms with Crippen LogP contribution in [0, 0.1) is 0 Å². The first-order valence-corrected chi connectivity index (χ1v) is 7.46. The minimum Gasteiger partial charge on any atom is -0.379 e. The SMILES string of the molecule is Brc1ccc2scc(CN3CCOCC3)c2c1. The highest BCUT2D eigenvalue weighted by Crippen LogP contribution is 2.29. The van der Waals surface area contributed by atoms with Crippen LogP contribution in [-0.4, -0.2) is 31.2 Å². The number of hydrogen-bond donors (Lipinski definition) is 0. The average Bonchev–Trinajstić information content (AvgIpc) is 2.73. The number of thiophene rings is 1. The number of fused-ring (bicyclic) bond motifs is 1. The number of halogens is 1. The topological polar surface area (TPSA) is 12.5 Å². The van der Waals surface area contributed by atoms with Gasteiger partial charge in [-0.05, 0) is 34.5 Å². The van der Waals surface area contributed by atoms with Gasteiger partial charge in [0.2, 0.25) is 0 Å². The van der Waals surface area contributed by atoms with Crippen LogP contribution in [0.1, 0.15) is 5.56 Å². The third-order valence-electron chi connectivity index (χ3n) is 3.11. The molecule has 0 bridgehead atoms. The summed E-state index contributed by atoms with van der Waals surface area (Å²) in [6.45, 7) is 4.87. The van der Waals surface area contributed by atoms with Crippen molar-refractivity contribution in [3.8, 4) is 0 Å². The van der Waals surface area contributed by atoms with Crippen LogP contribution >= 0.6 is 27.3 Å². The predicted octanol–water partition coefficient (Wildman–Crippen LogP) is 3.50. The van der Waals surface area contributed by atoms with Crippen molar-refractivity contribution in [1.29, 1.82) is 0 Å². The van der Waals surface area contributed by atoms with E-state index in [1.807, 2.05) is 11.3 Å². The molecule has 2 nitrogen and oxygen atoms in total. The standard InChI is InChI=1S/C13H14BrNOS/c14-11-1-2-13-12(7-11)10(9-17-13)8-15-3-5-16-6-4-15/h1-2,7,9H,3-6,8H2. The summed E-state index contributed by atoms with van der Waals surface area (Å²) in [4.78, 5) is 2.46. The van der Waals surface area contributed by atoms with Crippen molar-refractivity contribution >= 4 is 37.4 Å². The zero-order chi connectivity index (χ0) is 11.7. The van der Waals surface area contributed by atoms with Crippen LogP contribution in [0.2, 0.25) is 0 Å². The Balaban J connectivity index is 1.86. The number of nitrogens with zero attached hydrogens (tertiary/aromatic N) is 1. The Labute approximate surface area is 113 Å². The number of hydrogen-bond acceptors (Lipinski definition) is 3. The first kappa shape index (κ1) is 11.7. The molecular formula is C13H14BrNOS. The molecule has 0 atom stereocenters. The van der Waals surface area contributed by atoms with Crippen molar-refractivity contribution in [2.24, 2.45) is 0 Å². The zero-order valence-electron chi connectivity index (χ0n) is 9.49. The van der Waals surface area contributed by atoms with Crippen LogP contribution in [0.15, 0.2) is 28.1 Å². The van der Waals surface area contributed by atoms with E-state index in [1.54, 1.807) is 0 Å². The van der Waals surface area contributed by atoms with Gasteiger partial charge in [0, 0.05) is 28.8 Å². The lowest BCUT2D eigenvalue weighted by molar-refractivity contribution is 0.0344. The molecule has 4 heteroatoms. The maximum Gasteiger partial charge on any atom is 0.0594 e. The molecule has 3 rings (SSSR count). The van der Waals surface area contributed by atoms with Crippen molar-refractivity contribution in [3.05, 3.63) is 33.6 Å². The summed E-state index contributed by atoms with van der Waals surface area (Å²) in [6, 6.07) is 6.52. The van der Waals surface area contributed by atoms with E-state index in [9.17, 15) is 0 Å². The van der Waals surface area contributed by atoms with Crippen molar-refractivity contribution in [3.63, 3.8) is 0 Å². The van der Waals surface area contributed by atoms with Gasteiger partial charge in [-0.25, -0.2) is 0 Å². The molecule has 90 valence electrons. The lowest BCUT2D eigenvalue weighted by Gasteiger charge is -2.26. The van der Waals surface area contributed by atoms with Gasteiger partial charge in [-0.15, -0.1) is 11.3 Å². The fourth-order valence-corrected chi connectivity index (χ4v) is 3.47. The Bertz CT molecular complexity index is 519. The van der Waals surface area contributed by atoms with E-state index < -0.39 is 0 Å². The number of benzene rings is 1. The molecule has 0 saturated carbocycles. The second kappa shape index (κ2) is 5.06. The van der Waals surface area contributed by atoms with Crippen molar-refractivity contribution in [1.82, 2.24) is 4.90 Å². The van der Waals surface area contributed by atoms with Gasteiger partial charge in [0.15, 0.2) is 0 Å². The Hall–Kier alpha value is -0.420. The van der Waals surface area contributed by atoms with Gasteiger partial charge in [-0.1, -0.05) is 15.9 Å². The molecule has 1 aromatic carbocycles. The second-order valence-electron chi connectivity index (χ2n) is 4.29. The fraction of sp³-hybridized carbons (Fsp3) is 0.385. The van der Waals surface area contributed by atoms with Crippen LogP contribution in [0.4, 0.5) is 0 Å². The molecule has 0 N–H and O–H groups in total. The van der Waals surface area contributed by atoms with E-state index in [0.29, 0.717) is 0 Å². The van der Waals surface area contributed by atoms with Crippen LogP contribution in [-0.2, 0) is 11.3 Å². The molecular weight excluding hydrogens is 298 g/mol. The van der Waals surface area contributed by atoms with Gasteiger partial charge < -0.3 is 4.74 Å². The normalized spacial score (nSPS) is 17.7. The van der Waals surface area contributed by atoms with Crippen LogP contribution in [0.25, 0.3) is 10.1 Å². The number of rotatable bonds is 2. The lowest BCUT2D eigenvalue weighted by atomic mass is 10.1. The highest BCUT2D eigenvalue weighted by molar-refractivity contribution is 9.10. The van der Waals surface area contributed by atoms with Crippen molar-refractivity contribution in [2.75, 3.05) is 26.3 Å². The molecule has 0 amide bonds. The maximum atomic E-state index is 5.38. The van der Waals surface area contributed by atoms with Crippen LogP contribution in [0.5, 0.6) is 0 Å². The molecule has 0 aliphatic carbocycles. The molecule has 0 radical (unpaired) electrons. The van der Waals surface area contributed by atoms with Gasteiger partial charge in [0.1, 0.15) is 0 Å². The largest absolute Gasteiger partial charge is 0.379 e. The summed E-state index contributed by atoms with van der Waals surface area (Å²) in [5.41, 5.74) is 1.44. The van der Waals surface area contributed by atoms with Gasteiger partial charge >= 0.3 is 0 Å². The summed E-state index contributed by atoms with van der Waals surface area (Å²) in [6.07, 6.45) is 0. The van der Waals surface area contributed by atoms with Crippen LogP contribution < -0.4 is 0 Å². The monoisotopic (exact) mass is 311 g/mol. The first-order valence-electron chi connectivity index (χ1n) is 5.79. The molecule has 0 spiro atoms. The third-order valence-corrected chi connectivity index (χ3v) is 4.62. The van der Waals surface area contributed by atoms with Crippen LogP contribution in [0.3, 0.4) is 0 Å². The van der Waals surface area contributed by atoms with E-state index in [2.05, 4.69) is 44.4 Å². The zero-order valence-corrected chi connectivity index (χ0v) is 11.9. The van der Waals surface area contributed by atoms with Crippen molar-refractivity contribution in [2.45, 2.75) is 6.54 Å². The summed E-state index contributed by atoms with van der Waals surface area (Å²) >= 11 is 5.38. The highest BCUT2D eigenvalue weighted by Gasteiger charge is 2.13. The molecule has 1 aliphatic rings. The first-order chi connectivity index (χ1) is 8.33. The van der Waals surface area contributed by atoms with Crippen molar-refractivity contribution < 1.29 is 4.74 Å². The van der Waals surface area contributed by atoms with E-state index in [-0.39, 0.29) is 0 Å². The van der Waals surface area contributed by atoms with Gasteiger partial charge in [0.05, 0.1) is 13.2 Å². The third kappa shape index (κ3) is 2.55. The highest BCUT2D eigenvalue weighted by atomic mass is 79.9. The summed E-state index contributed by atoms with van der Waals surface area (Å²) < 4.78 is 7.91. The smallest absolute Gasteiger partial charge is 0.0594 e. The molecule has 2 aromatic rings. The van der Waals surface area contributed by atoms with Gasteiger partial charge in [-0.3, -0.25) is 4.90 Å². The van der Waals surface area contributed by atoms with E-state index >= 15 is 0 Å². The summed E-state index contributed by atoms with van der Waals surface area (Å²) in [5.74, 6) is 0. The van der Waals surface area contributed by atoms with E-state index in [4.69, 9.17) is 4.74 Å². The molecule has 0 unspecified atom stereocenters. The molecule has 1 fully saturated rings. The Kier molecular flexibility index (Phi) is 3.47. The second-order valence-corrected chi connectivity index (χ2v) is 6.12. The summed E-state index contributed by atoms with van der Waals surface area (Å²) in [5, 5.41) is 3.67. The predicted molar refractivity (Wildman–Crippen MR) is 75.6 cm³/mol. The lowest BCUT2D eigenvalue weighted by Crippen LogP contribution is -2.35. The molecule has 17 heavy (non-hydrogen) atoms. The fourth-order valence-electron chi connectivity index (χ4n) is 2.18.